The van der Waals surface area contributed by atoms with E-state index >= 15 is 0 Å². The number of hydrogen-bond acceptors (Lipinski definition) is 3. The van der Waals surface area contributed by atoms with Gasteiger partial charge in [-0.3, -0.25) is 9.89 Å². The molecule has 2 rings (SSSR count). The number of benzene rings is 1. The van der Waals surface area contributed by atoms with Crippen molar-refractivity contribution in [3.05, 3.63) is 28.2 Å². The monoisotopic (exact) mass is 510 g/mol. The van der Waals surface area contributed by atoms with E-state index in [0.29, 0.717) is 6.04 Å². The van der Waals surface area contributed by atoms with E-state index in [1.807, 2.05) is 13.1 Å². The summed E-state index contributed by atoms with van der Waals surface area (Å²) in [5, 5.41) is 6.81. The van der Waals surface area contributed by atoms with Gasteiger partial charge in [-0.1, -0.05) is 13.0 Å². The molecule has 1 atom stereocenters. The number of nitrogens with zero attached hydrogens (tertiary/aromatic N) is 2. The fraction of sp³-hybridized carbons (Fsp3) is 0.588. The summed E-state index contributed by atoms with van der Waals surface area (Å²) < 4.78 is 6.22. The summed E-state index contributed by atoms with van der Waals surface area (Å²) in [7, 11) is 3.48. The van der Waals surface area contributed by atoms with Crippen LogP contribution in [0.5, 0.6) is 5.75 Å². The third-order valence-corrected chi connectivity index (χ3v) is 4.93. The minimum Gasteiger partial charge on any atom is -0.496 e. The highest BCUT2D eigenvalue weighted by Gasteiger charge is 2.22. The van der Waals surface area contributed by atoms with Gasteiger partial charge in [-0.15, -0.1) is 24.0 Å². The van der Waals surface area contributed by atoms with Crippen molar-refractivity contribution >= 4 is 45.9 Å². The Hall–Kier alpha value is -0.540. The zero-order valence-electron chi connectivity index (χ0n) is 14.6. The molecule has 1 aromatic carbocycles. The third-order valence-electron chi connectivity index (χ3n) is 4.31. The lowest BCUT2D eigenvalue weighted by atomic mass is 10.2. The molecule has 2 N–H and O–H groups in total. The zero-order valence-corrected chi connectivity index (χ0v) is 18.6. The maximum Gasteiger partial charge on any atom is 0.191 e. The number of ether oxygens (including phenoxy) is 1. The summed E-state index contributed by atoms with van der Waals surface area (Å²) in [5.74, 6) is 1.69. The van der Waals surface area contributed by atoms with Gasteiger partial charge in [-0.05, 0) is 59.6 Å². The SMILES string of the molecule is CCN1CCCC1CNC(=NC)NCc1ccc(OC)c(Br)c1.I. The van der Waals surface area contributed by atoms with Gasteiger partial charge in [0.1, 0.15) is 5.75 Å². The quantitative estimate of drug-likeness (QED) is 0.350. The molecule has 0 spiro atoms. The summed E-state index contributed by atoms with van der Waals surface area (Å²) in [5.41, 5.74) is 1.18. The van der Waals surface area contributed by atoms with E-state index in [1.54, 1.807) is 7.11 Å². The van der Waals surface area contributed by atoms with Crippen LogP contribution in [-0.2, 0) is 6.54 Å². The van der Waals surface area contributed by atoms with E-state index in [4.69, 9.17) is 4.74 Å². The highest BCUT2D eigenvalue weighted by Crippen LogP contribution is 2.25. The molecule has 136 valence electrons. The number of likely N-dealkylation sites (N-methyl/N-ethyl adjacent to an activating group) is 1. The second kappa shape index (κ2) is 11.1. The molecule has 1 heterocycles. The first-order valence-electron chi connectivity index (χ1n) is 8.19. The molecule has 1 saturated heterocycles. The van der Waals surface area contributed by atoms with Crippen molar-refractivity contribution in [3.63, 3.8) is 0 Å². The summed E-state index contributed by atoms with van der Waals surface area (Å²) in [6.07, 6.45) is 2.56. The highest BCUT2D eigenvalue weighted by molar-refractivity contribution is 14.0. The molecule has 1 aliphatic rings. The summed E-state index contributed by atoms with van der Waals surface area (Å²) in [4.78, 5) is 6.84. The maximum atomic E-state index is 5.25. The Morgan fingerprint density at radius 3 is 2.83 bits per heavy atom. The van der Waals surface area contributed by atoms with Crippen LogP contribution >= 0.6 is 39.9 Å². The van der Waals surface area contributed by atoms with Gasteiger partial charge < -0.3 is 15.4 Å². The predicted octanol–water partition coefficient (Wildman–Crippen LogP) is 3.23. The molecule has 0 bridgehead atoms. The van der Waals surface area contributed by atoms with Gasteiger partial charge >= 0.3 is 0 Å². The predicted molar refractivity (Wildman–Crippen MR) is 115 cm³/mol. The lowest BCUT2D eigenvalue weighted by Gasteiger charge is -2.24. The van der Waals surface area contributed by atoms with Crippen molar-refractivity contribution in [1.29, 1.82) is 0 Å². The fourth-order valence-electron chi connectivity index (χ4n) is 2.98. The topological polar surface area (TPSA) is 48.9 Å². The molecule has 0 amide bonds. The molecule has 24 heavy (non-hydrogen) atoms. The minimum absolute atomic E-state index is 0. The molecule has 1 aromatic rings. The average Bonchev–Trinajstić information content (AvgIpc) is 3.02. The standard InChI is InChI=1S/C17H27BrN4O.HI/c1-4-22-9-5-6-14(22)12-21-17(19-2)20-11-13-7-8-16(23-3)15(18)10-13;/h7-8,10,14H,4-6,9,11-12H2,1-3H3,(H2,19,20,21);1H. The van der Waals surface area contributed by atoms with Crippen molar-refractivity contribution < 1.29 is 4.74 Å². The van der Waals surface area contributed by atoms with Gasteiger partial charge in [0.25, 0.3) is 0 Å². The van der Waals surface area contributed by atoms with E-state index in [2.05, 4.69) is 55.5 Å². The van der Waals surface area contributed by atoms with Gasteiger partial charge in [0.2, 0.25) is 0 Å². The number of halogens is 2. The molecule has 0 aromatic heterocycles. The molecule has 0 aliphatic carbocycles. The molecule has 1 fully saturated rings. The summed E-state index contributed by atoms with van der Waals surface area (Å²) in [6.45, 7) is 6.24. The molecule has 0 radical (unpaired) electrons. The van der Waals surface area contributed by atoms with Crippen LogP contribution in [0.3, 0.4) is 0 Å². The highest BCUT2D eigenvalue weighted by atomic mass is 127. The zero-order chi connectivity index (χ0) is 16.7. The third kappa shape index (κ3) is 6.07. The largest absolute Gasteiger partial charge is 0.496 e. The number of aliphatic imine (C=N–C) groups is 1. The van der Waals surface area contributed by atoms with Crippen molar-refractivity contribution in [3.8, 4) is 5.75 Å². The van der Waals surface area contributed by atoms with Crippen LogP contribution in [0.25, 0.3) is 0 Å². The molecule has 7 heteroatoms. The molecule has 0 saturated carbocycles. The van der Waals surface area contributed by atoms with Crippen molar-refractivity contribution in [2.24, 2.45) is 4.99 Å². The van der Waals surface area contributed by atoms with Crippen molar-refractivity contribution in [1.82, 2.24) is 15.5 Å². The van der Waals surface area contributed by atoms with Crippen LogP contribution in [0, 0.1) is 0 Å². The van der Waals surface area contributed by atoms with E-state index in [1.165, 1.54) is 24.9 Å². The van der Waals surface area contributed by atoms with E-state index in [9.17, 15) is 0 Å². The van der Waals surface area contributed by atoms with Gasteiger partial charge in [0.05, 0.1) is 11.6 Å². The Morgan fingerprint density at radius 1 is 1.42 bits per heavy atom. The van der Waals surface area contributed by atoms with E-state index in [-0.39, 0.29) is 24.0 Å². The Labute approximate surface area is 170 Å². The second-order valence-corrected chi connectivity index (χ2v) is 6.55. The normalized spacial score (nSPS) is 18.2. The molecule has 1 aliphatic heterocycles. The average molecular weight is 511 g/mol. The van der Waals surface area contributed by atoms with Gasteiger partial charge in [-0.2, -0.15) is 0 Å². The molecule has 5 nitrogen and oxygen atoms in total. The number of nitrogens with one attached hydrogen (secondary N) is 2. The van der Waals surface area contributed by atoms with Crippen LogP contribution in [0.4, 0.5) is 0 Å². The lowest BCUT2D eigenvalue weighted by Crippen LogP contribution is -2.44. The van der Waals surface area contributed by atoms with Crippen LogP contribution in [0.2, 0.25) is 0 Å². The number of guanidine groups is 1. The maximum absolute atomic E-state index is 5.25. The van der Waals surface area contributed by atoms with Crippen LogP contribution in [0.1, 0.15) is 25.3 Å². The first-order valence-corrected chi connectivity index (χ1v) is 8.98. The van der Waals surface area contributed by atoms with Crippen molar-refractivity contribution in [2.45, 2.75) is 32.4 Å². The van der Waals surface area contributed by atoms with Gasteiger partial charge in [0, 0.05) is 26.2 Å². The van der Waals surface area contributed by atoms with E-state index in [0.717, 1.165) is 35.8 Å². The number of likely N-dealkylation sites (tertiary alicyclic amines) is 1. The summed E-state index contributed by atoms with van der Waals surface area (Å²) in [6, 6.07) is 6.71. The Bertz CT molecular complexity index is 541. The Balaban J connectivity index is 0.00000288. The van der Waals surface area contributed by atoms with Crippen LogP contribution < -0.4 is 15.4 Å². The fourth-order valence-corrected chi connectivity index (χ4v) is 3.57. The first kappa shape index (κ1) is 21.5. The van der Waals surface area contributed by atoms with Crippen LogP contribution in [-0.4, -0.2) is 50.7 Å². The second-order valence-electron chi connectivity index (χ2n) is 5.70. The Morgan fingerprint density at radius 2 is 2.21 bits per heavy atom. The first-order chi connectivity index (χ1) is 11.2. The smallest absolute Gasteiger partial charge is 0.191 e. The molecule has 1 unspecified atom stereocenters. The number of methoxy groups -OCH3 is 1. The van der Waals surface area contributed by atoms with Crippen molar-refractivity contribution in [2.75, 3.05) is 33.8 Å². The van der Waals surface area contributed by atoms with Gasteiger partial charge in [-0.25, -0.2) is 0 Å². The molecular formula is C17H28BrIN4O. The Kier molecular flexibility index (Phi) is 9.99. The minimum atomic E-state index is 0. The number of hydrogen-bond donors (Lipinski definition) is 2. The van der Waals surface area contributed by atoms with Gasteiger partial charge in [0.15, 0.2) is 5.96 Å². The summed E-state index contributed by atoms with van der Waals surface area (Å²) >= 11 is 3.52. The number of rotatable bonds is 6. The molecular weight excluding hydrogens is 483 g/mol. The lowest BCUT2D eigenvalue weighted by molar-refractivity contribution is 0.267. The van der Waals surface area contributed by atoms with Crippen LogP contribution in [0.15, 0.2) is 27.7 Å². The van der Waals surface area contributed by atoms with E-state index < -0.39 is 0 Å².